The lowest BCUT2D eigenvalue weighted by Gasteiger charge is -2.21. The topological polar surface area (TPSA) is 98.1 Å². The molecule has 1 aromatic carbocycles. The van der Waals surface area contributed by atoms with Crippen molar-refractivity contribution in [2.45, 2.75) is 26.2 Å². The number of rotatable bonds is 3. The van der Waals surface area contributed by atoms with E-state index in [1.165, 1.54) is 12.4 Å². The molecule has 3 rings (SSSR count). The van der Waals surface area contributed by atoms with Crippen molar-refractivity contribution >= 4 is 11.6 Å². The van der Waals surface area contributed by atoms with Gasteiger partial charge in [0.25, 0.3) is 0 Å². The molecule has 1 aromatic heterocycles. The molecular formula is C19H21N5O. The Labute approximate surface area is 146 Å². The van der Waals surface area contributed by atoms with Crippen LogP contribution in [0.2, 0.25) is 0 Å². The van der Waals surface area contributed by atoms with Gasteiger partial charge >= 0.3 is 0 Å². The fraction of sp³-hybridized carbons (Fsp3) is 0.211. The summed E-state index contributed by atoms with van der Waals surface area (Å²) in [4.78, 5) is 23.1. The molecule has 0 atom stereocenters. The van der Waals surface area contributed by atoms with Gasteiger partial charge in [0.1, 0.15) is 5.82 Å². The molecule has 2 heterocycles. The van der Waals surface area contributed by atoms with E-state index < -0.39 is 5.41 Å². The molecule has 25 heavy (non-hydrogen) atoms. The van der Waals surface area contributed by atoms with Crippen molar-refractivity contribution in [2.75, 3.05) is 4.90 Å². The van der Waals surface area contributed by atoms with Crippen molar-refractivity contribution in [1.29, 1.82) is 0 Å². The maximum Gasteiger partial charge on any atom is 0.241 e. The maximum absolute atomic E-state index is 13.0. The first-order chi connectivity index (χ1) is 11.9. The van der Waals surface area contributed by atoms with Gasteiger partial charge in [-0.25, -0.2) is 9.97 Å². The Bertz CT molecular complexity index is 881. The molecule has 1 aliphatic rings. The summed E-state index contributed by atoms with van der Waals surface area (Å²) in [5.41, 5.74) is 14.7. The zero-order valence-electron chi connectivity index (χ0n) is 14.5. The number of aryl methyl sites for hydroxylation is 1. The Balaban J connectivity index is 2.17. The Kier molecular flexibility index (Phi) is 4.04. The van der Waals surface area contributed by atoms with Crippen LogP contribution in [-0.2, 0) is 10.2 Å². The predicted octanol–water partition coefficient (Wildman–Crippen LogP) is 2.35. The smallest absolute Gasteiger partial charge is 0.241 e. The van der Waals surface area contributed by atoms with Gasteiger partial charge in [-0.3, -0.25) is 9.69 Å². The quantitative estimate of drug-likeness (QED) is 0.839. The highest BCUT2D eigenvalue weighted by atomic mass is 16.2. The van der Waals surface area contributed by atoms with Crippen molar-refractivity contribution in [3.8, 4) is 11.1 Å². The highest BCUT2D eigenvalue weighted by Gasteiger charge is 2.44. The highest BCUT2D eigenvalue weighted by molar-refractivity contribution is 6.10. The number of amides is 1. The van der Waals surface area contributed by atoms with Gasteiger partial charge in [-0.05, 0) is 50.2 Å². The van der Waals surface area contributed by atoms with Gasteiger partial charge in [-0.15, -0.1) is 0 Å². The van der Waals surface area contributed by atoms with Crippen LogP contribution in [0.15, 0.2) is 54.8 Å². The van der Waals surface area contributed by atoms with Gasteiger partial charge < -0.3 is 11.5 Å². The molecule has 0 fully saturated rings. The van der Waals surface area contributed by atoms with E-state index in [-0.39, 0.29) is 5.91 Å². The summed E-state index contributed by atoms with van der Waals surface area (Å²) in [5, 5.41) is 0. The van der Waals surface area contributed by atoms with E-state index in [1.807, 2.05) is 39.0 Å². The second-order valence-electron chi connectivity index (χ2n) is 6.47. The summed E-state index contributed by atoms with van der Waals surface area (Å²) in [6.45, 7) is 5.65. The SMILES string of the molecule is Cc1ncc(-c2ccc3c(c2)N(C(/C=C\N)=C/N)C(=O)C3(C)C)cn1. The number of aromatic nitrogens is 2. The van der Waals surface area contributed by atoms with Crippen molar-refractivity contribution in [3.63, 3.8) is 0 Å². The molecule has 0 unspecified atom stereocenters. The van der Waals surface area contributed by atoms with Crippen LogP contribution in [0.5, 0.6) is 0 Å². The number of hydrogen-bond acceptors (Lipinski definition) is 5. The van der Waals surface area contributed by atoms with E-state index >= 15 is 0 Å². The number of benzene rings is 1. The number of allylic oxidation sites excluding steroid dienone is 1. The average Bonchev–Trinajstić information content (AvgIpc) is 2.80. The Morgan fingerprint density at radius 2 is 1.84 bits per heavy atom. The molecule has 1 aliphatic heterocycles. The molecule has 2 aromatic rings. The molecule has 0 radical (unpaired) electrons. The predicted molar refractivity (Wildman–Crippen MR) is 98.3 cm³/mol. The largest absolute Gasteiger partial charge is 0.405 e. The lowest BCUT2D eigenvalue weighted by Crippen LogP contribution is -2.35. The number of nitrogens with two attached hydrogens (primary N) is 2. The van der Waals surface area contributed by atoms with Crippen LogP contribution in [0.4, 0.5) is 5.69 Å². The molecule has 6 heteroatoms. The van der Waals surface area contributed by atoms with Crippen molar-refractivity contribution in [1.82, 2.24) is 9.97 Å². The van der Waals surface area contributed by atoms with Gasteiger partial charge in [0, 0.05) is 24.2 Å². The number of hydrogen-bond donors (Lipinski definition) is 2. The van der Waals surface area contributed by atoms with Gasteiger partial charge in [-0.1, -0.05) is 12.1 Å². The first-order valence-corrected chi connectivity index (χ1v) is 7.98. The number of carbonyl (C=O) groups is 1. The Morgan fingerprint density at radius 3 is 2.44 bits per heavy atom. The number of carbonyl (C=O) groups excluding carboxylic acids is 1. The lowest BCUT2D eigenvalue weighted by molar-refractivity contribution is -0.121. The minimum Gasteiger partial charge on any atom is -0.405 e. The van der Waals surface area contributed by atoms with Crippen LogP contribution < -0.4 is 16.4 Å². The molecule has 0 bridgehead atoms. The van der Waals surface area contributed by atoms with Crippen LogP contribution in [0.25, 0.3) is 11.1 Å². The summed E-state index contributed by atoms with van der Waals surface area (Å²) in [5.74, 6) is 0.666. The van der Waals surface area contributed by atoms with E-state index in [4.69, 9.17) is 11.5 Å². The summed E-state index contributed by atoms with van der Waals surface area (Å²) >= 11 is 0. The van der Waals surface area contributed by atoms with Gasteiger partial charge in [-0.2, -0.15) is 0 Å². The Morgan fingerprint density at radius 1 is 1.16 bits per heavy atom. The van der Waals surface area contributed by atoms with Crippen molar-refractivity contribution < 1.29 is 4.79 Å². The lowest BCUT2D eigenvalue weighted by atomic mass is 9.85. The third-order valence-corrected chi connectivity index (χ3v) is 4.46. The van der Waals surface area contributed by atoms with Crippen LogP contribution in [0, 0.1) is 6.92 Å². The van der Waals surface area contributed by atoms with Gasteiger partial charge in [0.05, 0.1) is 16.8 Å². The zero-order valence-corrected chi connectivity index (χ0v) is 14.5. The van der Waals surface area contributed by atoms with Crippen LogP contribution in [0.3, 0.4) is 0 Å². The summed E-state index contributed by atoms with van der Waals surface area (Å²) in [6.07, 6.45) is 7.92. The van der Waals surface area contributed by atoms with Crippen LogP contribution in [0.1, 0.15) is 25.2 Å². The van der Waals surface area contributed by atoms with Gasteiger partial charge in [0.15, 0.2) is 0 Å². The molecule has 6 nitrogen and oxygen atoms in total. The van der Waals surface area contributed by atoms with E-state index in [0.717, 1.165) is 22.4 Å². The summed E-state index contributed by atoms with van der Waals surface area (Å²) < 4.78 is 0. The standard InChI is InChI=1S/C19H21N5O/c1-12-22-10-14(11-23-12)13-4-5-16-17(8-13)24(15(9-21)6-7-20)18(25)19(16,2)3/h4-11H,20-21H2,1-3H3/b7-6-,15-9+. The summed E-state index contributed by atoms with van der Waals surface area (Å²) in [7, 11) is 0. The van der Waals surface area contributed by atoms with Crippen molar-refractivity contribution in [3.05, 3.63) is 66.2 Å². The van der Waals surface area contributed by atoms with Crippen LogP contribution >= 0.6 is 0 Å². The first kappa shape index (κ1) is 16.7. The molecule has 4 N–H and O–H groups in total. The molecular weight excluding hydrogens is 314 g/mol. The van der Waals surface area contributed by atoms with Crippen molar-refractivity contribution in [2.24, 2.45) is 11.5 Å². The fourth-order valence-corrected chi connectivity index (χ4v) is 3.03. The number of anilines is 1. The van der Waals surface area contributed by atoms with E-state index in [9.17, 15) is 4.79 Å². The second kappa shape index (κ2) is 6.05. The monoisotopic (exact) mass is 335 g/mol. The average molecular weight is 335 g/mol. The third kappa shape index (κ3) is 2.65. The minimum atomic E-state index is -0.645. The normalized spacial score (nSPS) is 16.5. The number of fused-ring (bicyclic) bond motifs is 1. The zero-order chi connectivity index (χ0) is 18.2. The minimum absolute atomic E-state index is 0.0467. The molecule has 1 amide bonds. The summed E-state index contributed by atoms with van der Waals surface area (Å²) in [6, 6.07) is 5.92. The third-order valence-electron chi connectivity index (χ3n) is 4.46. The molecule has 0 spiro atoms. The van der Waals surface area contributed by atoms with E-state index in [2.05, 4.69) is 9.97 Å². The molecule has 128 valence electrons. The molecule has 0 aliphatic carbocycles. The van der Waals surface area contributed by atoms with Gasteiger partial charge in [0.2, 0.25) is 5.91 Å². The highest BCUT2D eigenvalue weighted by Crippen LogP contribution is 2.45. The maximum atomic E-state index is 13.0. The second-order valence-corrected chi connectivity index (χ2v) is 6.47. The van der Waals surface area contributed by atoms with E-state index in [0.29, 0.717) is 11.5 Å². The molecule has 0 saturated heterocycles. The molecule has 0 saturated carbocycles. The fourth-order valence-electron chi connectivity index (χ4n) is 3.03. The van der Waals surface area contributed by atoms with E-state index in [1.54, 1.807) is 23.4 Å². The Hall–Kier alpha value is -3.15. The van der Waals surface area contributed by atoms with Crippen LogP contribution in [-0.4, -0.2) is 15.9 Å². The number of nitrogens with zero attached hydrogens (tertiary/aromatic N) is 3. The first-order valence-electron chi connectivity index (χ1n) is 7.98.